The Labute approximate surface area is 349 Å². The average Bonchev–Trinajstić information content (AvgIpc) is 4.18. The molecule has 0 aliphatic carbocycles. The predicted molar refractivity (Wildman–Crippen MR) is 239 cm³/mol. The molecular formula is C50H38N6O5. The number of nitrogens with zero attached hydrogens (tertiary/aromatic N) is 6. The van der Waals surface area contributed by atoms with Crippen molar-refractivity contribution >= 4 is 43.6 Å². The average molecular weight is 803 g/mol. The number of ether oxygens (including phenoxy) is 4. The molecule has 0 radical (unpaired) electrons. The molecule has 5 heterocycles. The van der Waals surface area contributed by atoms with E-state index in [1.165, 1.54) is 0 Å². The van der Waals surface area contributed by atoms with Gasteiger partial charge in [-0.15, -0.1) is 10.2 Å². The summed E-state index contributed by atoms with van der Waals surface area (Å²) in [7, 11) is 6.73. The zero-order chi connectivity index (χ0) is 41.2. The maximum atomic E-state index is 6.85. The van der Waals surface area contributed by atoms with Gasteiger partial charge in [0.05, 0.1) is 73.0 Å². The minimum atomic E-state index is 0.373. The van der Waals surface area contributed by atoms with Gasteiger partial charge in [0.1, 0.15) is 23.0 Å². The Morgan fingerprint density at radius 2 is 0.721 bits per heavy atom. The van der Waals surface area contributed by atoms with Crippen molar-refractivity contribution in [3.05, 3.63) is 158 Å². The second-order valence-corrected chi connectivity index (χ2v) is 14.7. The maximum Gasteiger partial charge on any atom is 0.250 e. The minimum absolute atomic E-state index is 0.373. The summed E-state index contributed by atoms with van der Waals surface area (Å²) in [6, 6.07) is 45.1. The van der Waals surface area contributed by atoms with E-state index in [4.69, 9.17) is 33.6 Å². The molecule has 0 amide bonds. The highest BCUT2D eigenvalue weighted by atomic mass is 16.5. The molecule has 6 aromatic carbocycles. The van der Waals surface area contributed by atoms with Gasteiger partial charge in [0.15, 0.2) is 0 Å². The Morgan fingerprint density at radius 3 is 1.03 bits per heavy atom. The van der Waals surface area contributed by atoms with Gasteiger partial charge in [0.2, 0.25) is 11.8 Å². The number of methoxy groups -OCH3 is 4. The first-order chi connectivity index (χ1) is 30.0. The topological polar surface area (TPSA) is 95.6 Å². The van der Waals surface area contributed by atoms with Crippen LogP contribution in [0.5, 0.6) is 23.0 Å². The monoisotopic (exact) mass is 802 g/mol. The molecular weight excluding hydrogens is 765 g/mol. The summed E-state index contributed by atoms with van der Waals surface area (Å²) in [5.41, 5.74) is 9.15. The summed E-state index contributed by atoms with van der Waals surface area (Å²) in [5.74, 6) is 3.79. The molecule has 0 atom stereocenters. The molecule has 0 aliphatic heterocycles. The Morgan fingerprint density at radius 1 is 0.393 bits per heavy atom. The van der Waals surface area contributed by atoms with E-state index in [1.54, 1.807) is 28.4 Å². The van der Waals surface area contributed by atoms with Crippen molar-refractivity contribution in [3.63, 3.8) is 0 Å². The molecule has 298 valence electrons. The molecule has 61 heavy (non-hydrogen) atoms. The van der Waals surface area contributed by atoms with Crippen LogP contribution in [0.2, 0.25) is 0 Å². The number of hydrogen-bond donors (Lipinski definition) is 0. The van der Waals surface area contributed by atoms with Gasteiger partial charge in [0, 0.05) is 57.7 Å². The van der Waals surface area contributed by atoms with Crippen molar-refractivity contribution in [1.29, 1.82) is 0 Å². The van der Waals surface area contributed by atoms with E-state index in [-0.39, 0.29) is 0 Å². The molecule has 0 saturated carbocycles. The second-order valence-electron chi connectivity index (χ2n) is 14.7. The summed E-state index contributed by atoms with van der Waals surface area (Å²) in [5, 5.41) is 13.6. The molecule has 11 rings (SSSR count). The lowest BCUT2D eigenvalue weighted by Gasteiger charge is -2.15. The molecule has 0 saturated heterocycles. The van der Waals surface area contributed by atoms with Crippen LogP contribution in [0.25, 0.3) is 89.3 Å². The standard InChI is InChI=1S/C50H38N6O5/c1-57-33-11-17-43-39(27-33)40-28-34(58-2)12-18-44(40)55(43)47-25-31(53-21-5-6-22-53)9-15-37(47)49-51-52-50(61-49)38-16-10-32(54-23-7-8-24-54)26-48(38)56-45-19-13-35(59-3)29-41(45)42-30-36(60-4)14-20-46(42)56/h5-30H,1-4H3. The third-order valence-electron chi connectivity index (χ3n) is 11.5. The summed E-state index contributed by atoms with van der Waals surface area (Å²) in [4.78, 5) is 0. The van der Waals surface area contributed by atoms with Crippen LogP contribution in [0.3, 0.4) is 0 Å². The van der Waals surface area contributed by atoms with E-state index in [1.807, 2.05) is 73.3 Å². The predicted octanol–water partition coefficient (Wildman–Crippen LogP) is 11.2. The van der Waals surface area contributed by atoms with Gasteiger partial charge in [-0.05, 0) is 133 Å². The first kappa shape index (κ1) is 35.9. The smallest absolute Gasteiger partial charge is 0.250 e. The third-order valence-corrected chi connectivity index (χ3v) is 11.5. The number of aromatic nitrogens is 6. The van der Waals surface area contributed by atoms with Gasteiger partial charge in [-0.3, -0.25) is 0 Å². The molecule has 11 aromatic rings. The second kappa shape index (κ2) is 14.3. The fourth-order valence-electron chi connectivity index (χ4n) is 8.54. The van der Waals surface area contributed by atoms with E-state index < -0.39 is 0 Å². The van der Waals surface area contributed by atoms with E-state index in [2.05, 4.69) is 103 Å². The van der Waals surface area contributed by atoms with E-state index in [9.17, 15) is 0 Å². The highest BCUT2D eigenvalue weighted by molar-refractivity contribution is 6.12. The van der Waals surface area contributed by atoms with Crippen molar-refractivity contribution in [3.8, 4) is 68.7 Å². The van der Waals surface area contributed by atoms with Crippen LogP contribution in [0.15, 0.2) is 163 Å². The number of rotatable bonds is 10. The zero-order valence-electron chi connectivity index (χ0n) is 33.7. The molecule has 5 aromatic heterocycles. The largest absolute Gasteiger partial charge is 0.497 e. The normalized spacial score (nSPS) is 11.6. The number of hydrogen-bond acceptors (Lipinski definition) is 7. The molecule has 0 bridgehead atoms. The van der Waals surface area contributed by atoms with Gasteiger partial charge in [-0.25, -0.2) is 0 Å². The SMILES string of the molecule is COc1ccc2c(c1)c1cc(OC)ccc1n2-c1cc(-n2cccc2)ccc1-c1nnc(-c2ccc(-n3cccc3)cc2-n2c3ccc(OC)cc3c3cc(OC)ccc32)o1. The van der Waals surface area contributed by atoms with Crippen LogP contribution < -0.4 is 18.9 Å². The van der Waals surface area contributed by atoms with Crippen LogP contribution in [-0.4, -0.2) is 56.9 Å². The molecule has 0 N–H and O–H groups in total. The lowest BCUT2D eigenvalue weighted by Crippen LogP contribution is -2.01. The van der Waals surface area contributed by atoms with Crippen LogP contribution in [0.1, 0.15) is 0 Å². The van der Waals surface area contributed by atoms with Gasteiger partial charge in [-0.2, -0.15) is 0 Å². The summed E-state index contributed by atoms with van der Waals surface area (Å²) in [6.07, 6.45) is 8.13. The van der Waals surface area contributed by atoms with Crippen molar-refractivity contribution < 1.29 is 23.4 Å². The van der Waals surface area contributed by atoms with Gasteiger partial charge >= 0.3 is 0 Å². The molecule has 11 nitrogen and oxygen atoms in total. The molecule has 11 heteroatoms. The fourth-order valence-corrected chi connectivity index (χ4v) is 8.54. The summed E-state index contributed by atoms with van der Waals surface area (Å²) < 4.78 is 38.3. The molecule has 0 aliphatic rings. The minimum Gasteiger partial charge on any atom is -0.497 e. The van der Waals surface area contributed by atoms with Gasteiger partial charge < -0.3 is 41.6 Å². The lowest BCUT2D eigenvalue weighted by atomic mass is 10.1. The lowest BCUT2D eigenvalue weighted by molar-refractivity contribution is 0.415. The fraction of sp³-hybridized carbons (Fsp3) is 0.0800. The molecule has 0 unspecified atom stereocenters. The summed E-state index contributed by atoms with van der Waals surface area (Å²) >= 11 is 0. The van der Waals surface area contributed by atoms with Gasteiger partial charge in [0.25, 0.3) is 0 Å². The Balaban J connectivity index is 1.14. The van der Waals surface area contributed by atoms with Crippen LogP contribution >= 0.6 is 0 Å². The van der Waals surface area contributed by atoms with E-state index in [0.717, 1.165) is 100 Å². The Kier molecular flexibility index (Phi) is 8.41. The Hall–Kier alpha value is -8.18. The van der Waals surface area contributed by atoms with Gasteiger partial charge in [-0.1, -0.05) is 0 Å². The van der Waals surface area contributed by atoms with Crippen molar-refractivity contribution in [2.75, 3.05) is 28.4 Å². The third kappa shape index (κ3) is 5.81. The van der Waals surface area contributed by atoms with Crippen molar-refractivity contribution in [2.24, 2.45) is 0 Å². The Bertz CT molecular complexity index is 3080. The van der Waals surface area contributed by atoms with Crippen molar-refractivity contribution in [1.82, 2.24) is 28.5 Å². The molecule has 0 spiro atoms. The highest BCUT2D eigenvalue weighted by Gasteiger charge is 2.24. The van der Waals surface area contributed by atoms with Crippen LogP contribution in [0.4, 0.5) is 0 Å². The quantitative estimate of drug-likeness (QED) is 0.136. The van der Waals surface area contributed by atoms with E-state index in [0.29, 0.717) is 11.8 Å². The first-order valence-electron chi connectivity index (χ1n) is 19.8. The summed E-state index contributed by atoms with van der Waals surface area (Å²) in [6.45, 7) is 0. The highest BCUT2D eigenvalue weighted by Crippen LogP contribution is 2.42. The number of fused-ring (bicyclic) bond motifs is 6. The molecule has 0 fully saturated rings. The van der Waals surface area contributed by atoms with E-state index >= 15 is 0 Å². The van der Waals surface area contributed by atoms with Crippen LogP contribution in [-0.2, 0) is 0 Å². The van der Waals surface area contributed by atoms with Crippen LogP contribution in [0, 0.1) is 0 Å². The maximum absolute atomic E-state index is 6.85. The number of benzene rings is 6. The zero-order valence-corrected chi connectivity index (χ0v) is 33.7. The first-order valence-corrected chi connectivity index (χ1v) is 19.8. The van der Waals surface area contributed by atoms with Crippen molar-refractivity contribution in [2.45, 2.75) is 0 Å².